The van der Waals surface area contributed by atoms with E-state index in [2.05, 4.69) is 4.98 Å². The van der Waals surface area contributed by atoms with Crippen LogP contribution in [0.2, 0.25) is 5.15 Å². The predicted molar refractivity (Wildman–Crippen MR) is 80.2 cm³/mol. The van der Waals surface area contributed by atoms with Gasteiger partial charge in [-0.3, -0.25) is 0 Å². The van der Waals surface area contributed by atoms with Gasteiger partial charge in [-0.05, 0) is 53.2 Å². The zero-order valence-corrected chi connectivity index (χ0v) is 13.6. The number of aromatic nitrogens is 1. The Morgan fingerprint density at radius 2 is 1.70 bits per heavy atom. The van der Waals surface area contributed by atoms with Crippen LogP contribution in [-0.4, -0.2) is 28.4 Å². The van der Waals surface area contributed by atoms with Crippen molar-refractivity contribution in [2.24, 2.45) is 0 Å². The summed E-state index contributed by atoms with van der Waals surface area (Å²) < 4.78 is 12.0. The Hall–Kier alpha value is -0.615. The van der Waals surface area contributed by atoms with Crippen LogP contribution in [0, 0.1) is 0 Å². The second kappa shape index (κ2) is 4.70. The second-order valence-corrected chi connectivity index (χ2v) is 7.07. The van der Waals surface area contributed by atoms with Crippen molar-refractivity contribution in [1.29, 1.82) is 0 Å². The van der Waals surface area contributed by atoms with Gasteiger partial charge in [-0.15, -0.1) is 0 Å². The Morgan fingerprint density at radius 1 is 1.20 bits per heavy atom. The minimum absolute atomic E-state index is 0.295. The average molecular weight is 298 g/mol. The molecule has 2 rings (SSSR count). The van der Waals surface area contributed by atoms with Crippen molar-refractivity contribution in [3.8, 4) is 0 Å². The van der Waals surface area contributed by atoms with Crippen LogP contribution in [0.15, 0.2) is 12.3 Å². The minimum atomic E-state index is -1.05. The van der Waals surface area contributed by atoms with Crippen LogP contribution in [0.4, 0.5) is 0 Å². The van der Waals surface area contributed by atoms with Crippen LogP contribution in [0.25, 0.3) is 0 Å². The number of hydrogen-bond acceptors (Lipinski definition) is 4. The van der Waals surface area contributed by atoms with Gasteiger partial charge < -0.3 is 14.4 Å². The van der Waals surface area contributed by atoms with Gasteiger partial charge in [0.05, 0.1) is 16.8 Å². The molecular weight excluding hydrogens is 276 g/mol. The molecule has 0 amide bonds. The molecule has 4 nitrogen and oxygen atoms in total. The molecule has 0 atom stereocenters. The monoisotopic (exact) mass is 297 g/mol. The number of aliphatic hydroxyl groups is 1. The van der Waals surface area contributed by atoms with Crippen LogP contribution < -0.4 is 5.46 Å². The van der Waals surface area contributed by atoms with E-state index in [1.807, 2.05) is 27.7 Å². The maximum absolute atomic E-state index is 10.3. The minimum Gasteiger partial charge on any atom is -0.399 e. The number of halogens is 1. The summed E-state index contributed by atoms with van der Waals surface area (Å²) in [5.74, 6) is 0. The normalized spacial score (nSPS) is 21.3. The standard InChI is InChI=1S/C14H21BClNO3/c1-12(2,18)9-7-8-17-11(16)10(9)15-19-13(3,4)14(5,6)20-15/h7-8,18H,1-6H3. The van der Waals surface area contributed by atoms with E-state index in [1.165, 1.54) is 0 Å². The van der Waals surface area contributed by atoms with Crippen LogP contribution in [0.3, 0.4) is 0 Å². The van der Waals surface area contributed by atoms with Crippen molar-refractivity contribution in [2.75, 3.05) is 0 Å². The fourth-order valence-corrected chi connectivity index (χ4v) is 2.41. The molecule has 1 aromatic heterocycles. The quantitative estimate of drug-likeness (QED) is 0.672. The zero-order valence-electron chi connectivity index (χ0n) is 12.8. The highest BCUT2D eigenvalue weighted by Crippen LogP contribution is 2.37. The van der Waals surface area contributed by atoms with E-state index in [4.69, 9.17) is 20.9 Å². The maximum atomic E-state index is 10.3. The molecule has 6 heteroatoms. The first-order valence-electron chi connectivity index (χ1n) is 6.68. The van der Waals surface area contributed by atoms with E-state index in [1.54, 1.807) is 26.1 Å². The first-order chi connectivity index (χ1) is 8.96. The maximum Gasteiger partial charge on any atom is 0.498 e. The molecule has 0 radical (unpaired) electrons. The molecule has 0 bridgehead atoms. The van der Waals surface area contributed by atoms with E-state index < -0.39 is 23.9 Å². The third kappa shape index (κ3) is 2.60. The molecule has 1 N–H and O–H groups in total. The number of rotatable bonds is 2. The van der Waals surface area contributed by atoms with Gasteiger partial charge in [-0.25, -0.2) is 4.98 Å². The molecule has 20 heavy (non-hydrogen) atoms. The van der Waals surface area contributed by atoms with Gasteiger partial charge in [0.15, 0.2) is 0 Å². The molecule has 1 aromatic rings. The van der Waals surface area contributed by atoms with Crippen LogP contribution in [0.1, 0.15) is 47.1 Å². The number of nitrogens with zero attached hydrogens (tertiary/aromatic N) is 1. The summed E-state index contributed by atoms with van der Waals surface area (Å²) in [5.41, 5.74) is -0.719. The van der Waals surface area contributed by atoms with Gasteiger partial charge in [-0.1, -0.05) is 11.6 Å². The van der Waals surface area contributed by atoms with Crippen LogP contribution >= 0.6 is 11.6 Å². The Balaban J connectivity index is 2.50. The number of hydrogen-bond donors (Lipinski definition) is 1. The van der Waals surface area contributed by atoms with E-state index in [9.17, 15) is 5.11 Å². The summed E-state index contributed by atoms with van der Waals surface area (Å²) in [5, 5.41) is 10.6. The second-order valence-electron chi connectivity index (χ2n) is 6.71. The Kier molecular flexibility index (Phi) is 3.71. The van der Waals surface area contributed by atoms with Gasteiger partial charge in [0.2, 0.25) is 0 Å². The lowest BCUT2D eigenvalue weighted by molar-refractivity contribution is 0.00578. The highest BCUT2D eigenvalue weighted by Gasteiger charge is 2.53. The van der Waals surface area contributed by atoms with E-state index in [0.717, 1.165) is 0 Å². The van der Waals surface area contributed by atoms with Gasteiger partial charge in [-0.2, -0.15) is 0 Å². The van der Waals surface area contributed by atoms with E-state index in [-0.39, 0.29) is 0 Å². The highest BCUT2D eigenvalue weighted by molar-refractivity contribution is 6.66. The van der Waals surface area contributed by atoms with Crippen molar-refractivity contribution in [3.63, 3.8) is 0 Å². The molecule has 0 aromatic carbocycles. The van der Waals surface area contributed by atoms with Crippen molar-refractivity contribution >= 4 is 24.2 Å². The first kappa shape index (κ1) is 15.8. The Bertz CT molecular complexity index is 510. The smallest absolute Gasteiger partial charge is 0.399 e. The van der Waals surface area contributed by atoms with Crippen molar-refractivity contribution < 1.29 is 14.4 Å². The molecular formula is C14H21BClNO3. The topological polar surface area (TPSA) is 51.6 Å². The summed E-state index contributed by atoms with van der Waals surface area (Å²) in [6.45, 7) is 11.3. The number of pyridine rings is 1. The van der Waals surface area contributed by atoms with Crippen molar-refractivity contribution in [2.45, 2.75) is 58.3 Å². The Morgan fingerprint density at radius 3 is 2.15 bits per heavy atom. The summed E-state index contributed by atoms with van der Waals surface area (Å²) >= 11 is 6.22. The van der Waals surface area contributed by atoms with E-state index >= 15 is 0 Å². The van der Waals surface area contributed by atoms with Gasteiger partial charge >= 0.3 is 7.12 Å². The molecule has 2 heterocycles. The summed E-state index contributed by atoms with van der Waals surface area (Å²) in [4.78, 5) is 4.09. The largest absolute Gasteiger partial charge is 0.498 e. The van der Waals surface area contributed by atoms with Gasteiger partial charge in [0.1, 0.15) is 5.15 Å². The fraction of sp³-hybridized carbons (Fsp3) is 0.643. The van der Waals surface area contributed by atoms with Crippen LogP contribution in [-0.2, 0) is 14.9 Å². The third-order valence-corrected chi connectivity index (χ3v) is 4.39. The molecule has 1 aliphatic rings. The average Bonchev–Trinajstić information content (AvgIpc) is 2.46. The SMILES string of the molecule is CC(C)(O)c1ccnc(Cl)c1B1OC(C)(C)C(C)(C)O1. The lowest BCUT2D eigenvalue weighted by Gasteiger charge is -2.32. The third-order valence-electron chi connectivity index (χ3n) is 4.09. The van der Waals surface area contributed by atoms with Gasteiger partial charge in [0, 0.05) is 11.7 Å². The lowest BCUT2D eigenvalue weighted by Crippen LogP contribution is -2.41. The molecule has 1 aliphatic heterocycles. The molecule has 0 unspecified atom stereocenters. The molecule has 1 saturated heterocycles. The predicted octanol–water partition coefficient (Wildman–Crippen LogP) is 2.26. The fourth-order valence-electron chi connectivity index (χ4n) is 2.17. The lowest BCUT2D eigenvalue weighted by atomic mass is 9.73. The van der Waals surface area contributed by atoms with Gasteiger partial charge in [0.25, 0.3) is 0 Å². The highest BCUT2D eigenvalue weighted by atomic mass is 35.5. The Labute approximate surface area is 125 Å². The van der Waals surface area contributed by atoms with E-state index in [0.29, 0.717) is 16.2 Å². The molecule has 110 valence electrons. The van der Waals surface area contributed by atoms with Crippen LogP contribution in [0.5, 0.6) is 0 Å². The summed E-state index contributed by atoms with van der Waals surface area (Å²) in [6, 6.07) is 1.74. The summed E-state index contributed by atoms with van der Waals surface area (Å²) in [6.07, 6.45) is 1.57. The molecule has 0 aliphatic carbocycles. The zero-order chi connectivity index (χ0) is 15.3. The van der Waals surface area contributed by atoms with Crippen molar-refractivity contribution in [3.05, 3.63) is 23.0 Å². The first-order valence-corrected chi connectivity index (χ1v) is 7.06. The molecule has 1 fully saturated rings. The van der Waals surface area contributed by atoms with Crippen molar-refractivity contribution in [1.82, 2.24) is 4.98 Å². The summed E-state index contributed by atoms with van der Waals surface area (Å²) in [7, 11) is -0.636. The molecule has 0 spiro atoms. The molecule has 0 saturated carbocycles.